The van der Waals surface area contributed by atoms with Crippen LogP contribution in [-0.4, -0.2) is 23.1 Å². The first-order valence-electron chi connectivity index (χ1n) is 6.77. The Hall–Kier alpha value is -0.200. The van der Waals surface area contributed by atoms with Gasteiger partial charge in [0.05, 0.1) is 6.07 Å². The van der Waals surface area contributed by atoms with Gasteiger partial charge in [-0.15, -0.1) is 0 Å². The van der Waals surface area contributed by atoms with E-state index in [2.05, 4.69) is 39.1 Å². The Balaban J connectivity index is 2.43. The highest BCUT2D eigenvalue weighted by atomic mass is 32.2. The van der Waals surface area contributed by atoms with E-state index in [1.165, 1.54) is 25.0 Å². The standard InChI is InChI=1S/C14H26N2S/c1-11(2)7-8-17-10-14(9-15,13-5-6-13)16-12(3)4/h11-13,16H,5-8,10H2,1-4H3. The Bertz CT molecular complexity index is 266. The summed E-state index contributed by atoms with van der Waals surface area (Å²) in [6, 6.07) is 2.95. The second kappa shape index (κ2) is 6.66. The molecule has 1 fully saturated rings. The maximum absolute atomic E-state index is 9.52. The number of thioether (sulfide) groups is 1. The molecule has 1 saturated carbocycles. The van der Waals surface area contributed by atoms with Crippen molar-refractivity contribution in [3.05, 3.63) is 0 Å². The lowest BCUT2D eigenvalue weighted by Gasteiger charge is -2.30. The second-order valence-corrected chi connectivity index (χ2v) is 7.00. The summed E-state index contributed by atoms with van der Waals surface area (Å²) < 4.78 is 0. The van der Waals surface area contributed by atoms with E-state index in [0.29, 0.717) is 12.0 Å². The van der Waals surface area contributed by atoms with Gasteiger partial charge < -0.3 is 0 Å². The molecule has 2 nitrogen and oxygen atoms in total. The summed E-state index contributed by atoms with van der Waals surface area (Å²) in [5, 5.41) is 13.0. The van der Waals surface area contributed by atoms with Gasteiger partial charge in [-0.05, 0) is 50.7 Å². The Morgan fingerprint density at radius 3 is 2.41 bits per heavy atom. The Morgan fingerprint density at radius 1 is 1.35 bits per heavy atom. The molecule has 0 aliphatic heterocycles. The highest BCUT2D eigenvalue weighted by Crippen LogP contribution is 2.41. The number of nitrogens with zero attached hydrogens (tertiary/aromatic N) is 1. The molecular weight excluding hydrogens is 228 g/mol. The molecule has 0 radical (unpaired) electrons. The van der Waals surface area contributed by atoms with Crippen molar-refractivity contribution in [3.63, 3.8) is 0 Å². The SMILES string of the molecule is CC(C)CCSCC(C#N)(NC(C)C)C1CC1. The fraction of sp³-hybridized carbons (Fsp3) is 0.929. The van der Waals surface area contributed by atoms with Crippen LogP contribution in [0.15, 0.2) is 0 Å². The quantitative estimate of drug-likeness (QED) is 0.674. The van der Waals surface area contributed by atoms with Crippen LogP contribution in [0.4, 0.5) is 0 Å². The molecule has 1 aliphatic carbocycles. The van der Waals surface area contributed by atoms with Crippen molar-refractivity contribution in [2.45, 2.75) is 58.5 Å². The summed E-state index contributed by atoms with van der Waals surface area (Å²) in [5.41, 5.74) is -0.268. The molecular formula is C14H26N2S. The molecule has 17 heavy (non-hydrogen) atoms. The van der Waals surface area contributed by atoms with E-state index in [0.717, 1.165) is 11.7 Å². The normalized spacial score (nSPS) is 19.4. The van der Waals surface area contributed by atoms with Gasteiger partial charge in [0, 0.05) is 11.8 Å². The molecule has 1 unspecified atom stereocenters. The van der Waals surface area contributed by atoms with Crippen LogP contribution in [0.1, 0.15) is 47.0 Å². The van der Waals surface area contributed by atoms with E-state index in [9.17, 15) is 5.26 Å². The van der Waals surface area contributed by atoms with Crippen molar-refractivity contribution in [2.24, 2.45) is 11.8 Å². The smallest absolute Gasteiger partial charge is 0.118 e. The average Bonchev–Trinajstić information content (AvgIpc) is 3.05. The minimum atomic E-state index is -0.268. The van der Waals surface area contributed by atoms with Crippen molar-refractivity contribution in [3.8, 4) is 6.07 Å². The number of hydrogen-bond donors (Lipinski definition) is 1. The predicted molar refractivity (Wildman–Crippen MR) is 76.1 cm³/mol. The van der Waals surface area contributed by atoms with Crippen LogP contribution in [0.25, 0.3) is 0 Å². The molecule has 3 heteroatoms. The Kier molecular flexibility index (Phi) is 5.82. The number of nitrogens with one attached hydrogen (secondary N) is 1. The lowest BCUT2D eigenvalue weighted by Crippen LogP contribution is -2.51. The van der Waals surface area contributed by atoms with Gasteiger partial charge in [-0.2, -0.15) is 17.0 Å². The average molecular weight is 254 g/mol. The summed E-state index contributed by atoms with van der Waals surface area (Å²) in [5.74, 6) is 3.46. The molecule has 0 bridgehead atoms. The number of hydrogen-bond acceptors (Lipinski definition) is 3. The van der Waals surface area contributed by atoms with Crippen LogP contribution in [0.3, 0.4) is 0 Å². The van der Waals surface area contributed by atoms with Crippen molar-refractivity contribution in [1.29, 1.82) is 5.26 Å². The zero-order valence-corrected chi connectivity index (χ0v) is 12.4. The monoisotopic (exact) mass is 254 g/mol. The fourth-order valence-electron chi connectivity index (χ4n) is 2.08. The molecule has 0 amide bonds. The van der Waals surface area contributed by atoms with Crippen LogP contribution in [-0.2, 0) is 0 Å². The summed E-state index contributed by atoms with van der Waals surface area (Å²) in [6.45, 7) is 8.78. The largest absolute Gasteiger partial charge is 0.296 e. The number of rotatable bonds is 8. The van der Waals surface area contributed by atoms with E-state index in [1.807, 2.05) is 11.8 Å². The zero-order chi connectivity index (χ0) is 12.9. The highest BCUT2D eigenvalue weighted by molar-refractivity contribution is 7.99. The molecule has 1 aliphatic rings. The maximum Gasteiger partial charge on any atom is 0.118 e. The van der Waals surface area contributed by atoms with Crippen molar-refractivity contribution in [1.82, 2.24) is 5.32 Å². The van der Waals surface area contributed by atoms with Crippen molar-refractivity contribution in [2.75, 3.05) is 11.5 Å². The minimum Gasteiger partial charge on any atom is -0.296 e. The van der Waals surface area contributed by atoms with E-state index in [-0.39, 0.29) is 5.54 Å². The summed E-state index contributed by atoms with van der Waals surface area (Å²) in [4.78, 5) is 0. The third kappa shape index (κ3) is 4.89. The third-order valence-corrected chi connectivity index (χ3v) is 4.37. The van der Waals surface area contributed by atoms with Crippen LogP contribution in [0.2, 0.25) is 0 Å². The van der Waals surface area contributed by atoms with Crippen LogP contribution < -0.4 is 5.32 Å². The topological polar surface area (TPSA) is 35.8 Å². The Labute approximate surface area is 111 Å². The van der Waals surface area contributed by atoms with E-state index in [1.54, 1.807) is 0 Å². The van der Waals surface area contributed by atoms with Gasteiger partial charge in [0.1, 0.15) is 5.54 Å². The first-order valence-corrected chi connectivity index (χ1v) is 7.92. The van der Waals surface area contributed by atoms with Gasteiger partial charge in [-0.3, -0.25) is 5.32 Å². The molecule has 0 spiro atoms. The van der Waals surface area contributed by atoms with Gasteiger partial charge >= 0.3 is 0 Å². The van der Waals surface area contributed by atoms with Gasteiger partial charge in [-0.1, -0.05) is 13.8 Å². The van der Waals surface area contributed by atoms with Gasteiger partial charge in [-0.25, -0.2) is 0 Å². The maximum atomic E-state index is 9.52. The molecule has 0 heterocycles. The lowest BCUT2D eigenvalue weighted by molar-refractivity contribution is 0.370. The molecule has 1 atom stereocenters. The first kappa shape index (κ1) is 14.9. The van der Waals surface area contributed by atoms with Crippen molar-refractivity contribution < 1.29 is 0 Å². The summed E-state index contributed by atoms with van der Waals surface area (Å²) >= 11 is 1.94. The molecule has 0 saturated heterocycles. The summed E-state index contributed by atoms with van der Waals surface area (Å²) in [7, 11) is 0. The van der Waals surface area contributed by atoms with Gasteiger partial charge in [0.15, 0.2) is 0 Å². The van der Waals surface area contributed by atoms with E-state index < -0.39 is 0 Å². The molecule has 0 aromatic rings. The molecule has 98 valence electrons. The number of nitriles is 1. The van der Waals surface area contributed by atoms with Gasteiger partial charge in [0.25, 0.3) is 0 Å². The molecule has 1 N–H and O–H groups in total. The molecule has 0 aromatic heterocycles. The Morgan fingerprint density at radius 2 is 2.00 bits per heavy atom. The van der Waals surface area contributed by atoms with Crippen LogP contribution in [0.5, 0.6) is 0 Å². The van der Waals surface area contributed by atoms with Gasteiger partial charge in [0.2, 0.25) is 0 Å². The third-order valence-electron chi connectivity index (χ3n) is 3.19. The minimum absolute atomic E-state index is 0.268. The first-order chi connectivity index (χ1) is 8.00. The highest BCUT2D eigenvalue weighted by Gasteiger charge is 2.45. The van der Waals surface area contributed by atoms with Crippen molar-refractivity contribution >= 4 is 11.8 Å². The van der Waals surface area contributed by atoms with E-state index >= 15 is 0 Å². The molecule has 0 aromatic carbocycles. The predicted octanol–water partition coefficient (Wildman–Crippen LogP) is 3.44. The lowest BCUT2D eigenvalue weighted by atomic mass is 9.96. The summed E-state index contributed by atoms with van der Waals surface area (Å²) in [6.07, 6.45) is 3.69. The van der Waals surface area contributed by atoms with Crippen LogP contribution in [0, 0.1) is 23.2 Å². The zero-order valence-electron chi connectivity index (χ0n) is 11.6. The van der Waals surface area contributed by atoms with Crippen LogP contribution >= 0.6 is 11.8 Å². The van der Waals surface area contributed by atoms with E-state index in [4.69, 9.17) is 0 Å². The molecule has 1 rings (SSSR count). The second-order valence-electron chi connectivity index (χ2n) is 5.89. The fourth-order valence-corrected chi connectivity index (χ4v) is 3.56.